The van der Waals surface area contributed by atoms with Crippen LogP contribution in [0.15, 0.2) is 42.6 Å². The number of ketones is 1. The molecule has 7 nitrogen and oxygen atoms in total. The van der Waals surface area contributed by atoms with Crippen molar-refractivity contribution >= 4 is 17.4 Å². The van der Waals surface area contributed by atoms with E-state index in [1.54, 1.807) is 24.3 Å². The fourth-order valence-corrected chi connectivity index (χ4v) is 2.11. The number of nitro groups is 1. The predicted octanol–water partition coefficient (Wildman–Crippen LogP) is 2.79. The minimum absolute atomic E-state index is 0.00275. The Labute approximate surface area is 132 Å². The molecule has 0 unspecified atom stereocenters. The molecule has 0 N–H and O–H groups in total. The summed E-state index contributed by atoms with van der Waals surface area (Å²) in [6.07, 6.45) is 1.43. The van der Waals surface area contributed by atoms with Crippen LogP contribution in [-0.4, -0.2) is 28.3 Å². The molecule has 118 valence electrons. The quantitative estimate of drug-likeness (QED) is 0.352. The van der Waals surface area contributed by atoms with Crippen LogP contribution in [0.3, 0.4) is 0 Å². The molecule has 0 atom stereocenters. The summed E-state index contributed by atoms with van der Waals surface area (Å²) in [5.41, 5.74) is 0.649. The highest BCUT2D eigenvalue weighted by molar-refractivity contribution is 6.02. The van der Waals surface area contributed by atoms with Gasteiger partial charge in [0.1, 0.15) is 5.69 Å². The molecule has 2 rings (SSSR count). The van der Waals surface area contributed by atoms with Gasteiger partial charge in [0.15, 0.2) is 5.78 Å². The Kier molecular flexibility index (Phi) is 5.14. The van der Waals surface area contributed by atoms with Crippen molar-refractivity contribution in [2.45, 2.75) is 13.3 Å². The van der Waals surface area contributed by atoms with Gasteiger partial charge >= 0.3 is 5.97 Å². The number of nitrogens with zero attached hydrogens (tertiary/aromatic N) is 2. The van der Waals surface area contributed by atoms with Gasteiger partial charge in [0, 0.05) is 36.7 Å². The Balaban J connectivity index is 2.37. The topological polar surface area (TPSA) is 99.4 Å². The van der Waals surface area contributed by atoms with Gasteiger partial charge in [-0.3, -0.25) is 19.7 Å². The van der Waals surface area contributed by atoms with E-state index < -0.39 is 10.9 Å². The van der Waals surface area contributed by atoms with Crippen molar-refractivity contribution in [2.75, 3.05) is 6.61 Å². The van der Waals surface area contributed by atoms with Crippen molar-refractivity contribution in [3.05, 3.63) is 58.3 Å². The fraction of sp³-hybridized carbons (Fsp3) is 0.188. The van der Waals surface area contributed by atoms with Crippen LogP contribution in [-0.2, 0) is 9.53 Å². The van der Waals surface area contributed by atoms with Gasteiger partial charge in [0.2, 0.25) is 0 Å². The van der Waals surface area contributed by atoms with Crippen molar-refractivity contribution in [3.63, 3.8) is 0 Å². The molecule has 0 aliphatic heterocycles. The van der Waals surface area contributed by atoms with Crippen molar-refractivity contribution in [1.82, 2.24) is 4.98 Å². The van der Waals surface area contributed by atoms with Gasteiger partial charge in [0.05, 0.1) is 11.5 Å². The van der Waals surface area contributed by atoms with Crippen LogP contribution >= 0.6 is 0 Å². The van der Waals surface area contributed by atoms with Gasteiger partial charge < -0.3 is 4.74 Å². The number of benzene rings is 1. The molecular formula is C16H14N2O5. The van der Waals surface area contributed by atoms with E-state index in [0.29, 0.717) is 11.1 Å². The summed E-state index contributed by atoms with van der Waals surface area (Å²) in [4.78, 5) is 37.7. The molecule has 0 aliphatic rings. The summed E-state index contributed by atoms with van der Waals surface area (Å²) >= 11 is 0. The van der Waals surface area contributed by atoms with Gasteiger partial charge in [-0.2, -0.15) is 0 Å². The number of Topliss-reactive ketones (excluding diaryl/α,β-unsaturated/α-hetero) is 1. The third-order valence-corrected chi connectivity index (χ3v) is 3.10. The lowest BCUT2D eigenvalue weighted by Crippen LogP contribution is -2.09. The maximum Gasteiger partial charge on any atom is 0.302 e. The molecule has 0 radical (unpaired) electrons. The average molecular weight is 314 g/mol. The standard InChI is InChI=1S/C16H14N2O5/c1-11(19)23-10-8-15(20)12-5-2-3-6-13(12)16-14(18(21)22)7-4-9-17-16/h2-7,9H,8,10H2,1H3. The summed E-state index contributed by atoms with van der Waals surface area (Å²) in [5.74, 6) is -0.742. The SMILES string of the molecule is CC(=O)OCCC(=O)c1ccccc1-c1ncccc1[N+](=O)[O-]. The average Bonchev–Trinajstić information content (AvgIpc) is 2.54. The molecule has 0 fully saturated rings. The van der Waals surface area contributed by atoms with E-state index in [9.17, 15) is 19.7 Å². The molecule has 0 saturated carbocycles. The summed E-state index contributed by atoms with van der Waals surface area (Å²) in [6.45, 7) is 1.22. The molecule has 2 aromatic rings. The van der Waals surface area contributed by atoms with Gasteiger partial charge in [-0.1, -0.05) is 24.3 Å². The minimum atomic E-state index is -0.539. The largest absolute Gasteiger partial charge is 0.465 e. The zero-order chi connectivity index (χ0) is 16.8. The van der Waals surface area contributed by atoms with Crippen molar-refractivity contribution in [1.29, 1.82) is 0 Å². The van der Waals surface area contributed by atoms with E-state index in [4.69, 9.17) is 4.74 Å². The normalized spacial score (nSPS) is 10.1. The summed E-state index contributed by atoms with van der Waals surface area (Å²) in [5, 5.41) is 11.1. The van der Waals surface area contributed by atoms with E-state index >= 15 is 0 Å². The lowest BCUT2D eigenvalue weighted by molar-refractivity contribution is -0.384. The number of hydrogen-bond acceptors (Lipinski definition) is 6. The molecule has 0 amide bonds. The van der Waals surface area contributed by atoms with Gasteiger partial charge in [-0.05, 0) is 6.07 Å². The number of pyridine rings is 1. The van der Waals surface area contributed by atoms with E-state index in [-0.39, 0.29) is 30.2 Å². The molecule has 7 heteroatoms. The van der Waals surface area contributed by atoms with Gasteiger partial charge in [-0.15, -0.1) is 0 Å². The first-order valence-corrected chi connectivity index (χ1v) is 6.86. The van der Waals surface area contributed by atoms with E-state index in [1.807, 2.05) is 0 Å². The molecule has 1 heterocycles. The maximum atomic E-state index is 12.3. The van der Waals surface area contributed by atoms with E-state index in [0.717, 1.165) is 0 Å². The monoisotopic (exact) mass is 314 g/mol. The Hall–Kier alpha value is -3.09. The number of carbonyl (C=O) groups is 2. The van der Waals surface area contributed by atoms with Crippen LogP contribution in [0.1, 0.15) is 23.7 Å². The molecule has 0 saturated heterocycles. The second-order valence-corrected chi connectivity index (χ2v) is 4.69. The molecule has 0 aliphatic carbocycles. The third kappa shape index (κ3) is 3.97. The molecular weight excluding hydrogens is 300 g/mol. The molecule has 1 aromatic carbocycles. The highest BCUT2D eigenvalue weighted by atomic mass is 16.6. The third-order valence-electron chi connectivity index (χ3n) is 3.10. The van der Waals surface area contributed by atoms with Crippen molar-refractivity contribution < 1.29 is 19.2 Å². The zero-order valence-electron chi connectivity index (χ0n) is 12.4. The molecule has 0 bridgehead atoms. The Morgan fingerprint density at radius 2 is 1.96 bits per heavy atom. The van der Waals surface area contributed by atoms with Crippen LogP contribution in [0.25, 0.3) is 11.3 Å². The number of esters is 1. The van der Waals surface area contributed by atoms with E-state index in [2.05, 4.69) is 4.98 Å². The number of rotatable bonds is 6. The second-order valence-electron chi connectivity index (χ2n) is 4.69. The Morgan fingerprint density at radius 3 is 2.65 bits per heavy atom. The number of hydrogen-bond donors (Lipinski definition) is 0. The maximum absolute atomic E-state index is 12.3. The van der Waals surface area contributed by atoms with Crippen molar-refractivity contribution in [2.24, 2.45) is 0 Å². The fourth-order valence-electron chi connectivity index (χ4n) is 2.11. The first-order valence-electron chi connectivity index (χ1n) is 6.86. The molecule has 0 spiro atoms. The molecule has 1 aromatic heterocycles. The summed E-state index contributed by atoms with van der Waals surface area (Å²) < 4.78 is 4.76. The highest BCUT2D eigenvalue weighted by Crippen LogP contribution is 2.30. The first-order chi connectivity index (χ1) is 11.0. The summed E-state index contributed by atoms with van der Waals surface area (Å²) in [7, 11) is 0. The van der Waals surface area contributed by atoms with Gasteiger partial charge in [-0.25, -0.2) is 4.98 Å². The van der Waals surface area contributed by atoms with Gasteiger partial charge in [0.25, 0.3) is 5.69 Å². The second kappa shape index (κ2) is 7.26. The number of aromatic nitrogens is 1. The van der Waals surface area contributed by atoms with Crippen LogP contribution < -0.4 is 0 Å². The first kappa shape index (κ1) is 16.3. The van der Waals surface area contributed by atoms with Crippen LogP contribution in [0.5, 0.6) is 0 Å². The predicted molar refractivity (Wildman–Crippen MR) is 81.9 cm³/mol. The lowest BCUT2D eigenvalue weighted by Gasteiger charge is -2.08. The smallest absolute Gasteiger partial charge is 0.302 e. The van der Waals surface area contributed by atoms with Crippen LogP contribution in [0, 0.1) is 10.1 Å². The van der Waals surface area contributed by atoms with E-state index in [1.165, 1.54) is 25.3 Å². The minimum Gasteiger partial charge on any atom is -0.465 e. The number of ether oxygens (including phenoxy) is 1. The Bertz CT molecular complexity index is 758. The molecule has 23 heavy (non-hydrogen) atoms. The zero-order valence-corrected chi connectivity index (χ0v) is 12.4. The Morgan fingerprint density at radius 1 is 1.22 bits per heavy atom. The van der Waals surface area contributed by atoms with Crippen LogP contribution in [0.2, 0.25) is 0 Å². The summed E-state index contributed by atoms with van der Waals surface area (Å²) in [6, 6.07) is 9.32. The highest BCUT2D eigenvalue weighted by Gasteiger charge is 2.21. The number of carbonyl (C=O) groups excluding carboxylic acids is 2. The van der Waals surface area contributed by atoms with Crippen molar-refractivity contribution in [3.8, 4) is 11.3 Å². The lowest BCUT2D eigenvalue weighted by atomic mass is 9.98. The van der Waals surface area contributed by atoms with Crippen LogP contribution in [0.4, 0.5) is 5.69 Å².